The third kappa shape index (κ3) is 6.64. The predicted octanol–water partition coefficient (Wildman–Crippen LogP) is -1.08. The van der Waals surface area contributed by atoms with Gasteiger partial charge in [-0.1, -0.05) is 6.08 Å². The fourth-order valence-electron chi connectivity index (χ4n) is 0.991. The first-order chi connectivity index (χ1) is 7.13. The summed E-state index contributed by atoms with van der Waals surface area (Å²) in [5.41, 5.74) is 0. The lowest BCUT2D eigenvalue weighted by atomic mass is 10.4. The lowest BCUT2D eigenvalue weighted by Gasteiger charge is -2.18. The first kappa shape index (κ1) is 13.6. The molecular formula is C9H17N3O3. The molecule has 0 spiro atoms. The van der Waals surface area contributed by atoms with Crippen molar-refractivity contribution in [2.45, 2.75) is 0 Å². The minimum Gasteiger partial charge on any atom is -0.395 e. The van der Waals surface area contributed by atoms with Crippen LogP contribution in [0.3, 0.4) is 0 Å². The van der Waals surface area contributed by atoms with Crippen LogP contribution in [0, 0.1) is 0 Å². The molecule has 0 aromatic heterocycles. The summed E-state index contributed by atoms with van der Waals surface area (Å²) < 4.78 is 0. The zero-order valence-electron chi connectivity index (χ0n) is 8.82. The fourth-order valence-corrected chi connectivity index (χ4v) is 0.991. The van der Waals surface area contributed by atoms with Gasteiger partial charge in [0, 0.05) is 20.1 Å². The molecule has 3 amide bonds. The van der Waals surface area contributed by atoms with E-state index in [4.69, 9.17) is 5.11 Å². The summed E-state index contributed by atoms with van der Waals surface area (Å²) in [6.45, 7) is 4.40. The number of nitrogens with zero attached hydrogens (tertiary/aromatic N) is 1. The molecule has 0 aromatic carbocycles. The molecular weight excluding hydrogens is 198 g/mol. The number of imide groups is 1. The Kier molecular flexibility index (Phi) is 7.21. The van der Waals surface area contributed by atoms with E-state index < -0.39 is 11.9 Å². The van der Waals surface area contributed by atoms with E-state index in [1.54, 1.807) is 11.0 Å². The quantitative estimate of drug-likeness (QED) is 0.492. The van der Waals surface area contributed by atoms with Crippen molar-refractivity contribution < 1.29 is 14.7 Å². The second-order valence-electron chi connectivity index (χ2n) is 2.87. The van der Waals surface area contributed by atoms with Crippen LogP contribution in [0.25, 0.3) is 0 Å². The highest BCUT2D eigenvalue weighted by Gasteiger charge is 2.10. The van der Waals surface area contributed by atoms with Gasteiger partial charge in [-0.2, -0.15) is 0 Å². The van der Waals surface area contributed by atoms with Crippen molar-refractivity contribution in [2.75, 3.05) is 33.3 Å². The molecule has 3 N–H and O–H groups in total. The van der Waals surface area contributed by atoms with Crippen molar-refractivity contribution in [2.24, 2.45) is 0 Å². The lowest BCUT2D eigenvalue weighted by Crippen LogP contribution is -2.44. The molecule has 0 aliphatic carbocycles. The molecule has 6 nitrogen and oxygen atoms in total. The standard InChI is InChI=1S/C9H17N3O3/c1-3-4-12(5-6-13)7-8(14)11-9(15)10-2/h3,13H,1,4-7H2,2H3,(H2,10,11,14,15). The molecule has 0 saturated carbocycles. The Hall–Kier alpha value is -1.40. The number of amides is 3. The summed E-state index contributed by atoms with van der Waals surface area (Å²) in [7, 11) is 1.43. The number of carbonyl (C=O) groups is 2. The van der Waals surface area contributed by atoms with Crippen LogP contribution < -0.4 is 10.6 Å². The maximum Gasteiger partial charge on any atom is 0.321 e. The van der Waals surface area contributed by atoms with Crippen molar-refractivity contribution in [1.29, 1.82) is 0 Å². The smallest absolute Gasteiger partial charge is 0.321 e. The Bertz CT molecular complexity index is 231. The monoisotopic (exact) mass is 215 g/mol. The Balaban J connectivity index is 3.98. The van der Waals surface area contributed by atoms with Crippen LogP contribution >= 0.6 is 0 Å². The van der Waals surface area contributed by atoms with Gasteiger partial charge in [0.15, 0.2) is 0 Å². The van der Waals surface area contributed by atoms with Gasteiger partial charge in [-0.05, 0) is 0 Å². The molecule has 0 fully saturated rings. The molecule has 0 aromatic rings. The van der Waals surface area contributed by atoms with Crippen LogP contribution in [0.5, 0.6) is 0 Å². The third-order valence-corrected chi connectivity index (χ3v) is 1.65. The Labute approximate surface area is 88.9 Å². The topological polar surface area (TPSA) is 81.7 Å². The molecule has 0 atom stereocenters. The minimum absolute atomic E-state index is 0.0406. The second kappa shape index (κ2) is 7.95. The first-order valence-electron chi connectivity index (χ1n) is 4.59. The van der Waals surface area contributed by atoms with Gasteiger partial charge in [0.05, 0.1) is 13.2 Å². The molecule has 86 valence electrons. The average molecular weight is 215 g/mol. The van der Waals surface area contributed by atoms with E-state index in [-0.39, 0.29) is 13.2 Å². The maximum absolute atomic E-state index is 11.2. The number of aliphatic hydroxyl groups excluding tert-OH is 1. The van der Waals surface area contributed by atoms with E-state index in [2.05, 4.69) is 17.2 Å². The molecule has 0 radical (unpaired) electrons. The number of hydrogen-bond donors (Lipinski definition) is 3. The third-order valence-electron chi connectivity index (χ3n) is 1.65. The van der Waals surface area contributed by atoms with Crippen LogP contribution in [-0.4, -0.2) is 55.2 Å². The van der Waals surface area contributed by atoms with Gasteiger partial charge in [-0.25, -0.2) is 4.79 Å². The first-order valence-corrected chi connectivity index (χ1v) is 4.59. The Morgan fingerprint density at radius 2 is 2.20 bits per heavy atom. The largest absolute Gasteiger partial charge is 0.395 e. The predicted molar refractivity (Wildman–Crippen MR) is 56.3 cm³/mol. The van der Waals surface area contributed by atoms with E-state index in [1.165, 1.54) is 7.05 Å². The number of aliphatic hydroxyl groups is 1. The second-order valence-corrected chi connectivity index (χ2v) is 2.87. The highest BCUT2D eigenvalue weighted by Crippen LogP contribution is 1.87. The molecule has 0 unspecified atom stereocenters. The van der Waals surface area contributed by atoms with Crippen LogP contribution in [0.2, 0.25) is 0 Å². The van der Waals surface area contributed by atoms with E-state index in [0.29, 0.717) is 13.1 Å². The summed E-state index contributed by atoms with van der Waals surface area (Å²) in [5.74, 6) is -0.412. The number of nitrogens with one attached hydrogen (secondary N) is 2. The molecule has 0 rings (SSSR count). The number of carbonyl (C=O) groups excluding carboxylic acids is 2. The summed E-state index contributed by atoms with van der Waals surface area (Å²) in [6.07, 6.45) is 1.63. The normalized spacial score (nSPS) is 9.80. The van der Waals surface area contributed by atoms with Gasteiger partial charge in [-0.15, -0.1) is 6.58 Å². The highest BCUT2D eigenvalue weighted by atomic mass is 16.3. The van der Waals surface area contributed by atoms with Crippen molar-refractivity contribution in [3.8, 4) is 0 Å². The molecule has 0 heterocycles. The molecule has 0 aliphatic rings. The molecule has 0 saturated heterocycles. The molecule has 6 heteroatoms. The minimum atomic E-state index is -0.539. The number of hydrogen-bond acceptors (Lipinski definition) is 4. The number of urea groups is 1. The van der Waals surface area contributed by atoms with Crippen LogP contribution in [0.4, 0.5) is 4.79 Å². The van der Waals surface area contributed by atoms with Crippen LogP contribution in [0.15, 0.2) is 12.7 Å². The highest BCUT2D eigenvalue weighted by molar-refractivity contribution is 5.95. The maximum atomic E-state index is 11.2. The molecule has 0 bridgehead atoms. The van der Waals surface area contributed by atoms with Gasteiger partial charge in [0.1, 0.15) is 0 Å². The summed E-state index contributed by atoms with van der Waals surface area (Å²) in [6, 6.07) is -0.539. The van der Waals surface area contributed by atoms with Gasteiger partial charge in [-0.3, -0.25) is 15.0 Å². The molecule has 15 heavy (non-hydrogen) atoms. The SMILES string of the molecule is C=CCN(CCO)CC(=O)NC(=O)NC. The summed E-state index contributed by atoms with van der Waals surface area (Å²) in [5, 5.41) is 13.1. The summed E-state index contributed by atoms with van der Waals surface area (Å²) >= 11 is 0. The van der Waals surface area contributed by atoms with Crippen LogP contribution in [-0.2, 0) is 4.79 Å². The van der Waals surface area contributed by atoms with Crippen molar-refractivity contribution >= 4 is 11.9 Å². The van der Waals surface area contributed by atoms with E-state index in [0.717, 1.165) is 0 Å². The zero-order valence-corrected chi connectivity index (χ0v) is 8.82. The number of rotatable bonds is 6. The Morgan fingerprint density at radius 3 is 2.67 bits per heavy atom. The van der Waals surface area contributed by atoms with Gasteiger partial charge >= 0.3 is 6.03 Å². The van der Waals surface area contributed by atoms with Gasteiger partial charge in [0.2, 0.25) is 5.91 Å². The van der Waals surface area contributed by atoms with Gasteiger partial charge in [0.25, 0.3) is 0 Å². The fraction of sp³-hybridized carbons (Fsp3) is 0.556. The van der Waals surface area contributed by atoms with E-state index >= 15 is 0 Å². The summed E-state index contributed by atoms with van der Waals surface area (Å²) in [4.78, 5) is 23.7. The molecule has 0 aliphatic heterocycles. The van der Waals surface area contributed by atoms with Gasteiger partial charge < -0.3 is 10.4 Å². The average Bonchev–Trinajstić information content (AvgIpc) is 2.18. The van der Waals surface area contributed by atoms with E-state index in [1.807, 2.05) is 0 Å². The zero-order chi connectivity index (χ0) is 11.7. The lowest BCUT2D eigenvalue weighted by molar-refractivity contribution is -0.121. The van der Waals surface area contributed by atoms with Crippen molar-refractivity contribution in [1.82, 2.24) is 15.5 Å². The Morgan fingerprint density at radius 1 is 1.53 bits per heavy atom. The van der Waals surface area contributed by atoms with E-state index in [9.17, 15) is 9.59 Å². The van der Waals surface area contributed by atoms with Crippen molar-refractivity contribution in [3.63, 3.8) is 0 Å². The van der Waals surface area contributed by atoms with Crippen LogP contribution in [0.1, 0.15) is 0 Å². The van der Waals surface area contributed by atoms with Crippen molar-refractivity contribution in [3.05, 3.63) is 12.7 Å².